The lowest BCUT2D eigenvalue weighted by molar-refractivity contribution is 0.0390. The Balaban J connectivity index is 1.13. The number of aromatic nitrogens is 1. The summed E-state index contributed by atoms with van der Waals surface area (Å²) >= 11 is 0. The van der Waals surface area contributed by atoms with Crippen molar-refractivity contribution in [1.82, 2.24) is 9.88 Å². The standard InChI is InChI=1S/C28H36N2O4S/c31-28(30-19-5-7-22-6-1-2-8-26(22)30)23-12-16-25(17-13-23)34-24-14-10-21(11-15-24)20-35(32,33)27-9-3-4-18-29-27/h3-4,9,12-13,16-18,21-22,24,26H,1-2,5-8,10-11,14-15,19-20H2. The minimum absolute atomic E-state index is 0.0791. The molecular formula is C28H36N2O4S. The van der Waals surface area contributed by atoms with Crippen LogP contribution >= 0.6 is 0 Å². The van der Waals surface area contributed by atoms with Crippen molar-refractivity contribution in [3.05, 3.63) is 54.2 Å². The van der Waals surface area contributed by atoms with E-state index in [1.165, 1.54) is 31.9 Å². The SMILES string of the molecule is O=C(c1ccc(OC2CCC(CS(=O)(=O)c3ccccn3)CC2)cc1)N1CCCC2CCCCC21. The summed E-state index contributed by atoms with van der Waals surface area (Å²) in [6.45, 7) is 0.873. The number of amides is 1. The third kappa shape index (κ3) is 5.71. The third-order valence-corrected chi connectivity index (χ3v) is 9.90. The van der Waals surface area contributed by atoms with Gasteiger partial charge in [0.05, 0.1) is 11.9 Å². The maximum Gasteiger partial charge on any atom is 0.254 e. The van der Waals surface area contributed by atoms with E-state index in [0.717, 1.165) is 56.4 Å². The number of pyridine rings is 1. The largest absolute Gasteiger partial charge is 0.490 e. The molecule has 3 aliphatic rings. The number of hydrogen-bond acceptors (Lipinski definition) is 5. The number of ether oxygens (including phenoxy) is 1. The molecule has 2 heterocycles. The molecule has 3 fully saturated rings. The smallest absolute Gasteiger partial charge is 0.254 e. The number of nitrogens with zero attached hydrogens (tertiary/aromatic N) is 2. The lowest BCUT2D eigenvalue weighted by Gasteiger charge is -2.44. The van der Waals surface area contributed by atoms with Crippen LogP contribution in [0.4, 0.5) is 0 Å². The fraction of sp³-hybridized carbons (Fsp3) is 0.571. The first-order valence-corrected chi connectivity index (χ1v) is 14.9. The summed E-state index contributed by atoms with van der Waals surface area (Å²) in [6.07, 6.45) is 12.2. The van der Waals surface area contributed by atoms with Crippen molar-refractivity contribution in [3.8, 4) is 5.75 Å². The van der Waals surface area contributed by atoms with E-state index in [0.29, 0.717) is 12.0 Å². The van der Waals surface area contributed by atoms with Gasteiger partial charge in [-0.15, -0.1) is 0 Å². The first-order valence-electron chi connectivity index (χ1n) is 13.2. The fourth-order valence-electron chi connectivity index (χ4n) is 6.25. The summed E-state index contributed by atoms with van der Waals surface area (Å²) in [5.74, 6) is 1.89. The number of benzene rings is 1. The second kappa shape index (κ2) is 10.7. The van der Waals surface area contributed by atoms with Crippen LogP contribution in [0.15, 0.2) is 53.7 Å². The average molecular weight is 497 g/mol. The molecular weight excluding hydrogens is 460 g/mol. The molecule has 35 heavy (non-hydrogen) atoms. The van der Waals surface area contributed by atoms with E-state index in [1.54, 1.807) is 18.2 Å². The highest BCUT2D eigenvalue weighted by Gasteiger charge is 2.36. The highest BCUT2D eigenvalue weighted by Crippen LogP contribution is 2.36. The summed E-state index contributed by atoms with van der Waals surface area (Å²) in [4.78, 5) is 19.4. The molecule has 2 saturated carbocycles. The molecule has 2 atom stereocenters. The Hall–Kier alpha value is -2.41. The van der Waals surface area contributed by atoms with Crippen molar-refractivity contribution >= 4 is 15.7 Å². The maximum atomic E-state index is 13.2. The normalized spacial score (nSPS) is 27.1. The minimum atomic E-state index is -3.35. The number of sulfone groups is 1. The molecule has 1 aromatic carbocycles. The van der Waals surface area contributed by atoms with Gasteiger partial charge >= 0.3 is 0 Å². The molecule has 0 spiro atoms. The molecule has 2 aromatic rings. The van der Waals surface area contributed by atoms with Crippen LogP contribution in [0.5, 0.6) is 5.75 Å². The Morgan fingerprint density at radius 2 is 1.66 bits per heavy atom. The number of carbonyl (C=O) groups is 1. The van der Waals surface area contributed by atoms with Gasteiger partial charge in [-0.25, -0.2) is 13.4 Å². The van der Waals surface area contributed by atoms with Crippen LogP contribution in [-0.4, -0.2) is 48.7 Å². The Morgan fingerprint density at radius 1 is 0.914 bits per heavy atom. The number of likely N-dealkylation sites (tertiary alicyclic amines) is 1. The van der Waals surface area contributed by atoms with Crippen molar-refractivity contribution in [2.24, 2.45) is 11.8 Å². The van der Waals surface area contributed by atoms with Gasteiger partial charge in [0.1, 0.15) is 5.75 Å². The van der Waals surface area contributed by atoms with E-state index < -0.39 is 9.84 Å². The molecule has 0 N–H and O–H groups in total. The highest BCUT2D eigenvalue weighted by molar-refractivity contribution is 7.91. The molecule has 188 valence electrons. The first-order chi connectivity index (χ1) is 17.0. The Kier molecular flexibility index (Phi) is 7.42. The number of piperidine rings is 1. The molecule has 2 aliphatic carbocycles. The molecule has 2 unspecified atom stereocenters. The van der Waals surface area contributed by atoms with Crippen LogP contribution in [0, 0.1) is 11.8 Å². The summed E-state index contributed by atoms with van der Waals surface area (Å²) in [5, 5.41) is 0.163. The molecule has 7 heteroatoms. The van der Waals surface area contributed by atoms with Crippen molar-refractivity contribution in [1.29, 1.82) is 0 Å². The molecule has 6 nitrogen and oxygen atoms in total. The van der Waals surface area contributed by atoms with Crippen LogP contribution in [-0.2, 0) is 9.84 Å². The van der Waals surface area contributed by atoms with Gasteiger partial charge in [-0.05, 0) is 99.6 Å². The molecule has 1 aromatic heterocycles. The number of carbonyl (C=O) groups excluding carboxylic acids is 1. The van der Waals surface area contributed by atoms with Crippen molar-refractivity contribution in [2.75, 3.05) is 12.3 Å². The van der Waals surface area contributed by atoms with E-state index >= 15 is 0 Å². The molecule has 5 rings (SSSR count). The van der Waals surface area contributed by atoms with Crippen molar-refractivity contribution in [3.63, 3.8) is 0 Å². The zero-order valence-corrected chi connectivity index (χ0v) is 21.2. The van der Waals surface area contributed by atoms with Crippen LogP contribution in [0.25, 0.3) is 0 Å². The zero-order chi connectivity index (χ0) is 24.3. The summed E-state index contributed by atoms with van der Waals surface area (Å²) in [5.41, 5.74) is 0.743. The predicted octanol–water partition coefficient (Wildman–Crippen LogP) is 5.29. The second-order valence-corrected chi connectivity index (χ2v) is 12.5. The highest BCUT2D eigenvalue weighted by atomic mass is 32.2. The van der Waals surface area contributed by atoms with E-state index in [9.17, 15) is 13.2 Å². The van der Waals surface area contributed by atoms with E-state index in [-0.39, 0.29) is 28.7 Å². The van der Waals surface area contributed by atoms with Gasteiger partial charge in [-0.3, -0.25) is 4.79 Å². The van der Waals surface area contributed by atoms with Crippen LogP contribution in [0.1, 0.15) is 74.6 Å². The van der Waals surface area contributed by atoms with Gasteiger partial charge in [0.25, 0.3) is 5.91 Å². The van der Waals surface area contributed by atoms with Crippen LogP contribution < -0.4 is 4.74 Å². The fourth-order valence-corrected chi connectivity index (χ4v) is 7.89. The Morgan fingerprint density at radius 3 is 2.40 bits per heavy atom. The van der Waals surface area contributed by atoms with Crippen molar-refractivity contribution in [2.45, 2.75) is 81.4 Å². The molecule has 0 bridgehead atoms. The third-order valence-electron chi connectivity index (χ3n) is 8.11. The summed E-state index contributed by atoms with van der Waals surface area (Å²) in [7, 11) is -3.35. The lowest BCUT2D eigenvalue weighted by atomic mass is 9.78. The number of rotatable bonds is 6. The van der Waals surface area contributed by atoms with Gasteiger partial charge in [0, 0.05) is 24.3 Å². The van der Waals surface area contributed by atoms with Crippen molar-refractivity contribution < 1.29 is 17.9 Å². The first kappa shape index (κ1) is 24.3. The van der Waals surface area contributed by atoms with Gasteiger partial charge < -0.3 is 9.64 Å². The molecule has 1 saturated heterocycles. The lowest BCUT2D eigenvalue weighted by Crippen LogP contribution is -2.49. The topological polar surface area (TPSA) is 76.6 Å². The monoisotopic (exact) mass is 496 g/mol. The molecule has 1 amide bonds. The predicted molar refractivity (Wildman–Crippen MR) is 135 cm³/mol. The van der Waals surface area contributed by atoms with Crippen LogP contribution in [0.3, 0.4) is 0 Å². The number of fused-ring (bicyclic) bond motifs is 1. The maximum absolute atomic E-state index is 13.2. The van der Waals surface area contributed by atoms with E-state index in [4.69, 9.17) is 4.74 Å². The quantitative estimate of drug-likeness (QED) is 0.543. The molecule has 0 radical (unpaired) electrons. The van der Waals surface area contributed by atoms with Gasteiger partial charge in [-0.2, -0.15) is 0 Å². The Bertz CT molecular complexity index is 1090. The van der Waals surface area contributed by atoms with Gasteiger partial charge in [0.15, 0.2) is 14.9 Å². The van der Waals surface area contributed by atoms with E-state index in [1.807, 2.05) is 24.3 Å². The number of hydrogen-bond donors (Lipinski definition) is 0. The van der Waals surface area contributed by atoms with Crippen LogP contribution in [0.2, 0.25) is 0 Å². The molecule has 1 aliphatic heterocycles. The second-order valence-electron chi connectivity index (χ2n) is 10.5. The van der Waals surface area contributed by atoms with E-state index in [2.05, 4.69) is 9.88 Å². The van der Waals surface area contributed by atoms with Gasteiger partial charge in [-0.1, -0.05) is 18.9 Å². The van der Waals surface area contributed by atoms with Gasteiger partial charge in [0.2, 0.25) is 0 Å². The average Bonchev–Trinajstić information content (AvgIpc) is 2.90. The minimum Gasteiger partial charge on any atom is -0.490 e. The summed E-state index contributed by atoms with van der Waals surface area (Å²) < 4.78 is 31.5. The zero-order valence-electron chi connectivity index (χ0n) is 20.3. The summed E-state index contributed by atoms with van der Waals surface area (Å²) in [6, 6.07) is 13.0. The Labute approximate surface area is 209 Å².